The summed E-state index contributed by atoms with van der Waals surface area (Å²) >= 11 is 5.84. The van der Waals surface area contributed by atoms with Crippen LogP contribution in [0.2, 0.25) is 5.02 Å². The van der Waals surface area contributed by atoms with Crippen LogP contribution in [-0.2, 0) is 4.79 Å². The zero-order valence-electron chi connectivity index (χ0n) is 10.3. The zero-order valence-corrected chi connectivity index (χ0v) is 11.1. The van der Waals surface area contributed by atoms with Crippen molar-refractivity contribution in [1.29, 1.82) is 0 Å². The van der Waals surface area contributed by atoms with Crippen LogP contribution in [0, 0.1) is 16.0 Å². The summed E-state index contributed by atoms with van der Waals surface area (Å²) in [6.45, 7) is 2.14. The summed E-state index contributed by atoms with van der Waals surface area (Å²) in [6, 6.07) is 1.22. The molecule has 0 amide bonds. The monoisotopic (exact) mass is 287 g/mol. The number of anilines is 1. The third-order valence-corrected chi connectivity index (χ3v) is 2.85. The number of rotatable bonds is 7. The van der Waals surface area contributed by atoms with Crippen LogP contribution >= 0.6 is 11.6 Å². The molecule has 1 aromatic rings. The molecule has 0 radical (unpaired) electrons. The van der Waals surface area contributed by atoms with Crippen molar-refractivity contribution < 1.29 is 14.8 Å². The molecular formula is C11H14ClN3O4. The highest BCUT2D eigenvalue weighted by Crippen LogP contribution is 2.23. The number of nitrogens with one attached hydrogen (secondary N) is 1. The molecule has 0 saturated carbocycles. The van der Waals surface area contributed by atoms with Gasteiger partial charge in [0, 0.05) is 12.6 Å². The number of hydrogen-bond donors (Lipinski definition) is 2. The molecule has 0 aliphatic rings. The maximum atomic E-state index is 10.6. The first-order valence-electron chi connectivity index (χ1n) is 5.68. The molecule has 1 atom stereocenters. The molecule has 1 heterocycles. The molecular weight excluding hydrogens is 274 g/mol. The van der Waals surface area contributed by atoms with E-state index in [0.717, 1.165) is 6.20 Å². The van der Waals surface area contributed by atoms with Crippen LogP contribution in [0.15, 0.2) is 12.3 Å². The molecule has 0 fully saturated rings. The quantitative estimate of drug-likeness (QED) is 0.453. The first-order valence-corrected chi connectivity index (χ1v) is 6.06. The molecule has 1 rings (SSSR count). The van der Waals surface area contributed by atoms with Crippen molar-refractivity contribution >= 4 is 29.1 Å². The van der Waals surface area contributed by atoms with E-state index in [2.05, 4.69) is 10.3 Å². The van der Waals surface area contributed by atoms with Crippen LogP contribution in [0.25, 0.3) is 0 Å². The summed E-state index contributed by atoms with van der Waals surface area (Å²) in [5, 5.41) is 22.3. The molecule has 8 heteroatoms. The second kappa shape index (κ2) is 6.89. The minimum atomic E-state index is -0.827. The number of pyridine rings is 1. The van der Waals surface area contributed by atoms with E-state index < -0.39 is 16.8 Å². The number of hydrogen-bond acceptors (Lipinski definition) is 5. The lowest BCUT2D eigenvalue weighted by atomic mass is 10.1. The topological polar surface area (TPSA) is 105 Å². The second-order valence-electron chi connectivity index (χ2n) is 4.09. The Kier molecular flexibility index (Phi) is 5.50. The summed E-state index contributed by atoms with van der Waals surface area (Å²) in [5.41, 5.74) is -0.171. The number of carbonyl (C=O) groups is 1. The smallest absolute Gasteiger partial charge is 0.306 e. The predicted molar refractivity (Wildman–Crippen MR) is 70.4 cm³/mol. The Labute approximate surface area is 114 Å². The van der Waals surface area contributed by atoms with Crippen LogP contribution in [0.1, 0.15) is 19.8 Å². The molecule has 19 heavy (non-hydrogen) atoms. The molecule has 0 bridgehead atoms. The van der Waals surface area contributed by atoms with Gasteiger partial charge in [-0.3, -0.25) is 14.9 Å². The summed E-state index contributed by atoms with van der Waals surface area (Å²) in [4.78, 5) is 24.4. The molecule has 7 nitrogen and oxygen atoms in total. The van der Waals surface area contributed by atoms with Gasteiger partial charge in [-0.25, -0.2) is 4.98 Å². The van der Waals surface area contributed by atoms with Crippen molar-refractivity contribution in [3.8, 4) is 0 Å². The lowest BCUT2D eigenvalue weighted by Crippen LogP contribution is -2.12. The number of aliphatic carboxylic acids is 1. The molecule has 1 aromatic heterocycles. The molecule has 0 aliphatic heterocycles. The summed E-state index contributed by atoms with van der Waals surface area (Å²) in [7, 11) is 0. The Bertz CT molecular complexity index is 481. The predicted octanol–water partition coefficient (Wildman–Crippen LogP) is 2.56. The second-order valence-corrected chi connectivity index (χ2v) is 4.50. The van der Waals surface area contributed by atoms with Gasteiger partial charge in [-0.15, -0.1) is 0 Å². The van der Waals surface area contributed by atoms with Crippen molar-refractivity contribution in [1.82, 2.24) is 4.98 Å². The lowest BCUT2D eigenvalue weighted by Gasteiger charge is -2.08. The number of carboxylic acid groups (broad SMARTS) is 1. The van der Waals surface area contributed by atoms with Gasteiger partial charge in [-0.05, 0) is 12.8 Å². The van der Waals surface area contributed by atoms with Crippen molar-refractivity contribution in [2.75, 3.05) is 11.9 Å². The van der Waals surface area contributed by atoms with Gasteiger partial charge in [0.25, 0.3) is 5.69 Å². The largest absolute Gasteiger partial charge is 0.481 e. The Morgan fingerprint density at radius 3 is 2.89 bits per heavy atom. The van der Waals surface area contributed by atoms with Gasteiger partial charge in [0.1, 0.15) is 12.0 Å². The Morgan fingerprint density at radius 1 is 1.68 bits per heavy atom. The average Bonchev–Trinajstić information content (AvgIpc) is 2.35. The highest BCUT2D eigenvalue weighted by Gasteiger charge is 2.12. The van der Waals surface area contributed by atoms with Gasteiger partial charge < -0.3 is 10.4 Å². The van der Waals surface area contributed by atoms with Crippen molar-refractivity contribution in [3.05, 3.63) is 27.4 Å². The first-order chi connectivity index (χ1) is 8.91. The minimum Gasteiger partial charge on any atom is -0.481 e. The fourth-order valence-electron chi connectivity index (χ4n) is 1.40. The van der Waals surface area contributed by atoms with Crippen molar-refractivity contribution in [2.45, 2.75) is 19.8 Å². The Morgan fingerprint density at radius 2 is 2.37 bits per heavy atom. The number of nitro groups is 1. The zero-order chi connectivity index (χ0) is 14.4. The van der Waals surface area contributed by atoms with E-state index in [1.807, 2.05) is 0 Å². The van der Waals surface area contributed by atoms with Gasteiger partial charge in [0.05, 0.1) is 15.9 Å². The molecule has 0 aliphatic carbocycles. The van der Waals surface area contributed by atoms with Crippen molar-refractivity contribution in [3.63, 3.8) is 0 Å². The van der Waals surface area contributed by atoms with Crippen molar-refractivity contribution in [2.24, 2.45) is 5.92 Å². The van der Waals surface area contributed by atoms with Crippen LogP contribution in [0.5, 0.6) is 0 Å². The first kappa shape index (κ1) is 15.2. The fraction of sp³-hybridized carbons (Fsp3) is 0.455. The SMILES string of the molecule is CC(CCCNc1ncc([N+](=O)[O-])cc1Cl)C(=O)O. The molecule has 0 aromatic carbocycles. The lowest BCUT2D eigenvalue weighted by molar-refractivity contribution is -0.385. The van der Waals surface area contributed by atoms with Gasteiger partial charge in [-0.2, -0.15) is 0 Å². The molecule has 104 valence electrons. The van der Waals surface area contributed by atoms with E-state index in [9.17, 15) is 14.9 Å². The Balaban J connectivity index is 2.46. The van der Waals surface area contributed by atoms with E-state index in [4.69, 9.17) is 16.7 Å². The van der Waals surface area contributed by atoms with Crippen LogP contribution < -0.4 is 5.32 Å². The third-order valence-electron chi connectivity index (χ3n) is 2.57. The van der Waals surface area contributed by atoms with E-state index in [-0.39, 0.29) is 10.7 Å². The normalized spacial score (nSPS) is 11.9. The van der Waals surface area contributed by atoms with Gasteiger partial charge in [0.2, 0.25) is 0 Å². The summed E-state index contributed by atoms with van der Waals surface area (Å²) in [5.74, 6) is -0.871. The highest BCUT2D eigenvalue weighted by atomic mass is 35.5. The standard InChI is InChI=1S/C11H14ClN3O4/c1-7(11(16)17)3-2-4-13-10-9(12)5-8(6-14-10)15(18)19/h5-7H,2-4H2,1H3,(H,13,14)(H,16,17). The fourth-order valence-corrected chi connectivity index (χ4v) is 1.62. The number of carboxylic acids is 1. The molecule has 0 saturated heterocycles. The number of nitrogens with zero attached hydrogens (tertiary/aromatic N) is 2. The molecule has 0 spiro atoms. The Hall–Kier alpha value is -1.89. The molecule has 2 N–H and O–H groups in total. The number of halogens is 1. The molecule has 1 unspecified atom stereocenters. The van der Waals surface area contributed by atoms with Crippen LogP contribution in [0.3, 0.4) is 0 Å². The van der Waals surface area contributed by atoms with Gasteiger partial charge >= 0.3 is 5.97 Å². The van der Waals surface area contributed by atoms with Gasteiger partial charge in [0.15, 0.2) is 0 Å². The van der Waals surface area contributed by atoms with E-state index in [1.54, 1.807) is 6.92 Å². The maximum absolute atomic E-state index is 10.6. The van der Waals surface area contributed by atoms with E-state index in [0.29, 0.717) is 25.2 Å². The minimum absolute atomic E-state index is 0.167. The van der Waals surface area contributed by atoms with E-state index >= 15 is 0 Å². The van der Waals surface area contributed by atoms with Crippen LogP contribution in [-0.4, -0.2) is 27.5 Å². The average molecular weight is 288 g/mol. The van der Waals surface area contributed by atoms with E-state index in [1.165, 1.54) is 6.07 Å². The summed E-state index contributed by atoms with van der Waals surface area (Å²) in [6.07, 6.45) is 2.30. The van der Waals surface area contributed by atoms with Crippen LogP contribution in [0.4, 0.5) is 11.5 Å². The third kappa shape index (κ3) is 4.70. The maximum Gasteiger partial charge on any atom is 0.306 e. The van der Waals surface area contributed by atoms with Gasteiger partial charge in [-0.1, -0.05) is 18.5 Å². The highest BCUT2D eigenvalue weighted by molar-refractivity contribution is 6.33. The number of aromatic nitrogens is 1. The summed E-state index contributed by atoms with van der Waals surface area (Å²) < 4.78 is 0.